The molecular weight excluding hydrogens is 388 g/mol. The van der Waals surface area contributed by atoms with E-state index in [2.05, 4.69) is 5.32 Å². The van der Waals surface area contributed by atoms with Gasteiger partial charge in [-0.2, -0.15) is 0 Å². The number of amides is 1. The summed E-state index contributed by atoms with van der Waals surface area (Å²) in [7, 11) is -3.67. The van der Waals surface area contributed by atoms with Gasteiger partial charge in [-0.05, 0) is 70.0 Å². The zero-order valence-electron chi connectivity index (χ0n) is 17.9. The number of anilines is 1. The van der Waals surface area contributed by atoms with E-state index >= 15 is 0 Å². The van der Waals surface area contributed by atoms with Gasteiger partial charge in [0.1, 0.15) is 11.8 Å². The maximum Gasteiger partial charge on any atom is 0.244 e. The van der Waals surface area contributed by atoms with Crippen LogP contribution >= 0.6 is 0 Å². The Morgan fingerprint density at radius 2 is 1.72 bits per heavy atom. The lowest BCUT2D eigenvalue weighted by Gasteiger charge is -2.29. The van der Waals surface area contributed by atoms with Crippen LogP contribution in [0.5, 0.6) is 5.75 Å². The Morgan fingerprint density at radius 1 is 1.10 bits per heavy atom. The lowest BCUT2D eigenvalue weighted by atomic mass is 10.00. The molecule has 0 radical (unpaired) electrons. The van der Waals surface area contributed by atoms with Gasteiger partial charge in [0.25, 0.3) is 0 Å². The number of rotatable bonds is 8. The van der Waals surface area contributed by atoms with Crippen LogP contribution in [0.4, 0.5) is 5.69 Å². The Bertz CT molecular complexity index is 955. The third-order valence-corrected chi connectivity index (χ3v) is 5.99. The molecular formula is C22H30N2O4S. The lowest BCUT2D eigenvalue weighted by molar-refractivity contribution is -0.122. The molecule has 2 aromatic carbocycles. The summed E-state index contributed by atoms with van der Waals surface area (Å²) in [6.07, 6.45) is 1.10. The van der Waals surface area contributed by atoms with E-state index in [1.165, 1.54) is 0 Å². The van der Waals surface area contributed by atoms with E-state index in [1.54, 1.807) is 31.2 Å². The zero-order valence-corrected chi connectivity index (χ0v) is 18.7. The zero-order chi connectivity index (χ0) is 21.8. The monoisotopic (exact) mass is 418 g/mol. The number of hydrogen-bond donors (Lipinski definition) is 1. The first-order chi connectivity index (χ1) is 13.5. The number of sulfonamides is 1. The molecule has 2 rings (SSSR count). The minimum Gasteiger partial charge on any atom is -0.494 e. The SMILES string of the molecule is CCOc1ccc(N([C@H](C)C(=O)N[C@H](C)c2cc(C)ccc2C)S(C)(=O)=O)cc1. The standard InChI is InChI=1S/C22H30N2O4S/c1-7-28-20-12-10-19(11-13-20)24(29(6,26)27)18(5)22(25)23-17(4)21-14-15(2)8-9-16(21)3/h8-14,17-18H,7H2,1-6H3,(H,23,25)/t17-,18-/m1/s1. The average Bonchev–Trinajstić information content (AvgIpc) is 2.64. The molecule has 0 bridgehead atoms. The van der Waals surface area contributed by atoms with E-state index in [9.17, 15) is 13.2 Å². The molecule has 0 spiro atoms. The van der Waals surface area contributed by atoms with Gasteiger partial charge < -0.3 is 10.1 Å². The molecule has 0 saturated heterocycles. The molecule has 0 aliphatic rings. The largest absolute Gasteiger partial charge is 0.494 e. The van der Waals surface area contributed by atoms with Crippen molar-refractivity contribution in [3.8, 4) is 5.75 Å². The van der Waals surface area contributed by atoms with Crippen LogP contribution in [0.15, 0.2) is 42.5 Å². The summed E-state index contributed by atoms with van der Waals surface area (Å²) in [5, 5.41) is 2.95. The molecule has 0 unspecified atom stereocenters. The molecule has 158 valence electrons. The Balaban J connectivity index is 2.25. The number of nitrogens with one attached hydrogen (secondary N) is 1. The lowest BCUT2D eigenvalue weighted by Crippen LogP contribution is -2.48. The number of carbonyl (C=O) groups is 1. The third-order valence-electron chi connectivity index (χ3n) is 4.75. The highest BCUT2D eigenvalue weighted by molar-refractivity contribution is 7.92. The summed E-state index contributed by atoms with van der Waals surface area (Å²) in [6, 6.07) is 11.6. The number of aryl methyl sites for hydroxylation is 2. The molecule has 7 heteroatoms. The molecule has 0 saturated carbocycles. The van der Waals surface area contributed by atoms with Crippen molar-refractivity contribution >= 4 is 21.6 Å². The van der Waals surface area contributed by atoms with Crippen LogP contribution in [0, 0.1) is 13.8 Å². The minimum absolute atomic E-state index is 0.244. The molecule has 1 amide bonds. The molecule has 2 atom stereocenters. The van der Waals surface area contributed by atoms with Crippen LogP contribution in [0.2, 0.25) is 0 Å². The fourth-order valence-corrected chi connectivity index (χ4v) is 4.48. The first-order valence-corrected chi connectivity index (χ1v) is 11.5. The Kier molecular flexibility index (Phi) is 7.30. The summed E-state index contributed by atoms with van der Waals surface area (Å²) < 4.78 is 31.5. The first kappa shape index (κ1) is 22.7. The van der Waals surface area contributed by atoms with Crippen LogP contribution in [-0.2, 0) is 14.8 Å². The van der Waals surface area contributed by atoms with Crippen LogP contribution < -0.4 is 14.4 Å². The average molecular weight is 419 g/mol. The predicted molar refractivity (Wildman–Crippen MR) is 117 cm³/mol. The van der Waals surface area contributed by atoms with Crippen molar-refractivity contribution in [2.24, 2.45) is 0 Å². The van der Waals surface area contributed by atoms with Crippen molar-refractivity contribution in [2.45, 2.75) is 46.7 Å². The normalized spacial score (nSPS) is 13.4. The van der Waals surface area contributed by atoms with Crippen molar-refractivity contribution in [3.63, 3.8) is 0 Å². The van der Waals surface area contributed by atoms with Crippen molar-refractivity contribution in [3.05, 3.63) is 59.2 Å². The summed E-state index contributed by atoms with van der Waals surface area (Å²) in [6.45, 7) is 9.86. The summed E-state index contributed by atoms with van der Waals surface area (Å²) in [5.41, 5.74) is 3.60. The molecule has 2 aromatic rings. The number of benzene rings is 2. The molecule has 6 nitrogen and oxygen atoms in total. The Morgan fingerprint density at radius 3 is 2.28 bits per heavy atom. The van der Waals surface area contributed by atoms with Crippen molar-refractivity contribution in [1.82, 2.24) is 5.32 Å². The van der Waals surface area contributed by atoms with Gasteiger partial charge in [-0.25, -0.2) is 8.42 Å². The minimum atomic E-state index is -3.67. The van der Waals surface area contributed by atoms with E-state index in [0.29, 0.717) is 18.0 Å². The summed E-state index contributed by atoms with van der Waals surface area (Å²) in [5.74, 6) is 0.281. The number of ether oxygens (including phenoxy) is 1. The van der Waals surface area contributed by atoms with Crippen LogP contribution in [-0.4, -0.2) is 33.2 Å². The second-order valence-electron chi connectivity index (χ2n) is 7.25. The molecule has 0 aliphatic carbocycles. The quantitative estimate of drug-likeness (QED) is 0.709. The first-order valence-electron chi connectivity index (χ1n) is 9.64. The van der Waals surface area contributed by atoms with Crippen LogP contribution in [0.3, 0.4) is 0 Å². The molecule has 0 aromatic heterocycles. The summed E-state index contributed by atoms with van der Waals surface area (Å²) in [4.78, 5) is 12.9. The fraction of sp³-hybridized carbons (Fsp3) is 0.409. The van der Waals surface area contributed by atoms with E-state index in [-0.39, 0.29) is 11.9 Å². The van der Waals surface area contributed by atoms with Gasteiger partial charge >= 0.3 is 0 Å². The smallest absolute Gasteiger partial charge is 0.244 e. The molecule has 29 heavy (non-hydrogen) atoms. The third kappa shape index (κ3) is 5.73. The van der Waals surface area contributed by atoms with E-state index in [1.807, 2.05) is 45.9 Å². The summed E-state index contributed by atoms with van der Waals surface area (Å²) >= 11 is 0. The number of nitrogens with zero attached hydrogens (tertiary/aromatic N) is 1. The fourth-order valence-electron chi connectivity index (χ4n) is 3.30. The van der Waals surface area contributed by atoms with Crippen LogP contribution in [0.1, 0.15) is 43.5 Å². The maximum absolute atomic E-state index is 12.9. The highest BCUT2D eigenvalue weighted by Gasteiger charge is 2.30. The van der Waals surface area contributed by atoms with Gasteiger partial charge in [0.2, 0.25) is 15.9 Å². The molecule has 1 N–H and O–H groups in total. The van der Waals surface area contributed by atoms with Crippen molar-refractivity contribution < 1.29 is 17.9 Å². The van der Waals surface area contributed by atoms with E-state index in [4.69, 9.17) is 4.74 Å². The van der Waals surface area contributed by atoms with Gasteiger partial charge in [0.15, 0.2) is 0 Å². The van der Waals surface area contributed by atoms with Crippen LogP contribution in [0.25, 0.3) is 0 Å². The second kappa shape index (κ2) is 9.31. The van der Waals surface area contributed by atoms with Gasteiger partial charge in [0, 0.05) is 0 Å². The van der Waals surface area contributed by atoms with Gasteiger partial charge in [-0.15, -0.1) is 0 Å². The second-order valence-corrected chi connectivity index (χ2v) is 9.11. The topological polar surface area (TPSA) is 75.7 Å². The number of carbonyl (C=O) groups excluding carboxylic acids is 1. The predicted octanol–water partition coefficient (Wildman–Crippen LogP) is 3.73. The van der Waals surface area contributed by atoms with Gasteiger partial charge in [-0.1, -0.05) is 23.8 Å². The van der Waals surface area contributed by atoms with E-state index in [0.717, 1.165) is 27.3 Å². The van der Waals surface area contributed by atoms with Crippen molar-refractivity contribution in [2.75, 3.05) is 17.2 Å². The highest BCUT2D eigenvalue weighted by Crippen LogP contribution is 2.25. The highest BCUT2D eigenvalue weighted by atomic mass is 32.2. The molecule has 0 heterocycles. The Labute approximate surface area is 173 Å². The molecule has 0 fully saturated rings. The van der Waals surface area contributed by atoms with Gasteiger partial charge in [-0.3, -0.25) is 9.10 Å². The molecule has 0 aliphatic heterocycles. The van der Waals surface area contributed by atoms with Gasteiger partial charge in [0.05, 0.1) is 24.6 Å². The maximum atomic E-state index is 12.9. The Hall–Kier alpha value is -2.54. The number of hydrogen-bond acceptors (Lipinski definition) is 4. The van der Waals surface area contributed by atoms with Crippen molar-refractivity contribution in [1.29, 1.82) is 0 Å². The van der Waals surface area contributed by atoms with E-state index < -0.39 is 16.1 Å².